The van der Waals surface area contributed by atoms with E-state index in [0.717, 1.165) is 32.1 Å². The number of benzene rings is 3. The summed E-state index contributed by atoms with van der Waals surface area (Å²) in [5, 5.41) is 15.5. The molecule has 2 N–H and O–H groups in total. The Bertz CT molecular complexity index is 1760. The van der Waals surface area contributed by atoms with Gasteiger partial charge in [-0.15, -0.1) is 6.42 Å². The third kappa shape index (κ3) is 5.39. The maximum absolute atomic E-state index is 16.7. The molecule has 3 aliphatic rings. The van der Waals surface area contributed by atoms with E-state index in [1.807, 2.05) is 4.90 Å². The molecule has 7 rings (SSSR count). The molecule has 3 aliphatic heterocycles. The second kappa shape index (κ2) is 11.8. The lowest BCUT2D eigenvalue weighted by Crippen LogP contribution is -2.51. The van der Waals surface area contributed by atoms with Gasteiger partial charge in [0.05, 0.1) is 5.56 Å². The number of phenolic OH excluding ortho intramolecular Hbond substituents is 1. The van der Waals surface area contributed by atoms with Gasteiger partial charge in [0, 0.05) is 54.6 Å². The molecular formula is C34H34F3N5O2. The van der Waals surface area contributed by atoms with Crippen LogP contribution in [0.3, 0.4) is 0 Å². The van der Waals surface area contributed by atoms with Gasteiger partial charge in [0.2, 0.25) is 0 Å². The molecule has 0 aliphatic carbocycles. The number of fused-ring (bicyclic) bond motifs is 4. The number of terminal acetylenes is 1. The van der Waals surface area contributed by atoms with E-state index in [4.69, 9.17) is 16.1 Å². The van der Waals surface area contributed by atoms with Crippen LogP contribution in [-0.4, -0.2) is 71.1 Å². The van der Waals surface area contributed by atoms with Crippen LogP contribution in [0.1, 0.15) is 44.1 Å². The highest BCUT2D eigenvalue weighted by Gasteiger charge is 2.34. The minimum absolute atomic E-state index is 0.00280. The number of aromatic nitrogens is 2. The molecule has 0 amide bonds. The molecule has 7 nitrogen and oxygen atoms in total. The molecule has 3 unspecified atom stereocenters. The summed E-state index contributed by atoms with van der Waals surface area (Å²) < 4.78 is 52.0. The minimum atomic E-state index is -0.932. The SMILES string of the molecule is C#Cc1c(F)ccc2cc(O)cc(-c3ccc4c(N5CC6CCC(C5)N6)nc(OCN5CCCCCC(F)C5)nc4c3F)c12. The van der Waals surface area contributed by atoms with E-state index in [1.165, 1.54) is 24.3 Å². The first kappa shape index (κ1) is 28.7. The average Bonchev–Trinajstić information content (AvgIpc) is 3.35. The van der Waals surface area contributed by atoms with Gasteiger partial charge in [-0.3, -0.25) is 4.90 Å². The van der Waals surface area contributed by atoms with E-state index in [-0.39, 0.29) is 47.2 Å². The Morgan fingerprint density at radius 1 is 0.977 bits per heavy atom. The van der Waals surface area contributed by atoms with Crippen LogP contribution < -0.4 is 15.0 Å². The van der Waals surface area contributed by atoms with Gasteiger partial charge >= 0.3 is 6.01 Å². The maximum Gasteiger partial charge on any atom is 0.320 e. The highest BCUT2D eigenvalue weighted by molar-refractivity contribution is 6.04. The van der Waals surface area contributed by atoms with E-state index >= 15 is 4.39 Å². The van der Waals surface area contributed by atoms with Gasteiger partial charge in [0.1, 0.15) is 35.8 Å². The van der Waals surface area contributed by atoms with Crippen molar-refractivity contribution in [2.24, 2.45) is 0 Å². The van der Waals surface area contributed by atoms with E-state index in [1.54, 1.807) is 12.1 Å². The number of ether oxygens (including phenoxy) is 1. The molecule has 44 heavy (non-hydrogen) atoms. The first-order chi connectivity index (χ1) is 21.4. The van der Waals surface area contributed by atoms with Gasteiger partial charge in [-0.2, -0.15) is 9.97 Å². The Morgan fingerprint density at radius 2 is 1.80 bits per heavy atom. The number of rotatable bonds is 5. The van der Waals surface area contributed by atoms with Crippen molar-refractivity contribution in [3.8, 4) is 35.2 Å². The first-order valence-corrected chi connectivity index (χ1v) is 15.3. The van der Waals surface area contributed by atoms with Crippen LogP contribution in [0.4, 0.5) is 19.0 Å². The monoisotopic (exact) mass is 601 g/mol. The summed E-state index contributed by atoms with van der Waals surface area (Å²) in [5.74, 6) is 1.58. The zero-order chi connectivity index (χ0) is 30.4. The second-order valence-corrected chi connectivity index (χ2v) is 12.2. The number of nitrogens with zero attached hydrogens (tertiary/aromatic N) is 4. The minimum Gasteiger partial charge on any atom is -0.508 e. The summed E-state index contributed by atoms with van der Waals surface area (Å²) in [4.78, 5) is 13.4. The summed E-state index contributed by atoms with van der Waals surface area (Å²) in [6.07, 6.45) is 10.2. The molecule has 4 heterocycles. The Morgan fingerprint density at radius 3 is 2.59 bits per heavy atom. The zero-order valence-corrected chi connectivity index (χ0v) is 24.3. The van der Waals surface area contributed by atoms with Crippen LogP contribution >= 0.6 is 0 Å². The second-order valence-electron chi connectivity index (χ2n) is 12.2. The molecule has 3 saturated heterocycles. The largest absolute Gasteiger partial charge is 0.508 e. The van der Waals surface area contributed by atoms with Crippen molar-refractivity contribution < 1.29 is 23.0 Å². The fourth-order valence-corrected chi connectivity index (χ4v) is 6.99. The number of anilines is 1. The smallest absolute Gasteiger partial charge is 0.320 e. The van der Waals surface area contributed by atoms with Gasteiger partial charge in [0.25, 0.3) is 0 Å². The Labute approximate surface area is 254 Å². The lowest BCUT2D eigenvalue weighted by Gasteiger charge is -2.34. The van der Waals surface area contributed by atoms with Crippen molar-refractivity contribution >= 4 is 27.5 Å². The molecule has 0 saturated carbocycles. The van der Waals surface area contributed by atoms with Crippen molar-refractivity contribution in [1.82, 2.24) is 20.2 Å². The third-order valence-corrected chi connectivity index (χ3v) is 9.09. The average molecular weight is 602 g/mol. The Kier molecular flexibility index (Phi) is 7.69. The van der Waals surface area contributed by atoms with Crippen molar-refractivity contribution in [2.75, 3.05) is 37.8 Å². The maximum atomic E-state index is 16.7. The number of hydrogen-bond donors (Lipinski definition) is 2. The molecule has 0 radical (unpaired) electrons. The normalized spacial score (nSPS) is 22.6. The summed E-state index contributed by atoms with van der Waals surface area (Å²) in [7, 11) is 0. The van der Waals surface area contributed by atoms with Crippen LogP contribution in [0.25, 0.3) is 32.8 Å². The molecule has 2 bridgehead atoms. The van der Waals surface area contributed by atoms with Crippen LogP contribution in [0.15, 0.2) is 36.4 Å². The number of aromatic hydroxyl groups is 1. The van der Waals surface area contributed by atoms with E-state index < -0.39 is 17.8 Å². The molecule has 3 fully saturated rings. The lowest BCUT2D eigenvalue weighted by molar-refractivity contribution is 0.0789. The van der Waals surface area contributed by atoms with E-state index in [9.17, 15) is 13.9 Å². The molecule has 3 aromatic carbocycles. The molecule has 1 aromatic heterocycles. The molecule has 4 aromatic rings. The zero-order valence-electron chi connectivity index (χ0n) is 24.3. The molecule has 228 valence electrons. The fourth-order valence-electron chi connectivity index (χ4n) is 6.99. The predicted molar refractivity (Wildman–Crippen MR) is 165 cm³/mol. The number of likely N-dealkylation sites (tertiary alicyclic amines) is 1. The summed E-state index contributed by atoms with van der Waals surface area (Å²) in [5.41, 5.74) is 0.393. The number of halogens is 3. The van der Waals surface area contributed by atoms with Crippen molar-refractivity contribution in [3.05, 3.63) is 53.6 Å². The topological polar surface area (TPSA) is 73.8 Å². The van der Waals surface area contributed by atoms with Gasteiger partial charge in [-0.1, -0.05) is 30.9 Å². The number of alkyl halides is 1. The Hall–Kier alpha value is -4.07. The van der Waals surface area contributed by atoms with Gasteiger partial charge in [-0.05, 0) is 60.9 Å². The summed E-state index contributed by atoms with van der Waals surface area (Å²) in [6, 6.07) is 9.57. The third-order valence-electron chi connectivity index (χ3n) is 9.09. The van der Waals surface area contributed by atoms with E-state index in [0.29, 0.717) is 60.1 Å². The quantitative estimate of drug-likeness (QED) is 0.276. The van der Waals surface area contributed by atoms with Gasteiger partial charge < -0.3 is 20.1 Å². The first-order valence-electron chi connectivity index (χ1n) is 15.3. The predicted octanol–water partition coefficient (Wildman–Crippen LogP) is 5.91. The standard InChI is InChI=1S/C34H34F3N5O2/c1-2-25-29(36)12-7-20-14-24(43)15-28(30(20)25)26-10-11-27-32(31(26)37)39-34(44-19-41-13-5-3-4-6-21(35)16-41)40-33(27)42-17-22-8-9-23(18-42)38-22/h1,7,10-12,14-15,21-23,38,43H,3-6,8-9,13,16-19H2. The summed E-state index contributed by atoms with van der Waals surface area (Å²) in [6.45, 7) is 2.46. The van der Waals surface area contributed by atoms with Gasteiger partial charge in [0.15, 0.2) is 5.82 Å². The van der Waals surface area contributed by atoms with Crippen molar-refractivity contribution in [3.63, 3.8) is 0 Å². The number of nitrogens with one attached hydrogen (secondary N) is 1. The molecule has 3 atom stereocenters. The lowest BCUT2D eigenvalue weighted by atomic mass is 9.93. The van der Waals surface area contributed by atoms with Crippen LogP contribution in [-0.2, 0) is 0 Å². The number of phenols is 1. The number of hydrogen-bond acceptors (Lipinski definition) is 7. The van der Waals surface area contributed by atoms with Crippen LogP contribution in [0, 0.1) is 24.0 Å². The fraction of sp³-hybridized carbons (Fsp3) is 0.412. The number of piperazine rings is 1. The molecule has 10 heteroatoms. The summed E-state index contributed by atoms with van der Waals surface area (Å²) >= 11 is 0. The highest BCUT2D eigenvalue weighted by atomic mass is 19.1. The Balaban J connectivity index is 1.34. The van der Waals surface area contributed by atoms with Crippen molar-refractivity contribution in [1.29, 1.82) is 0 Å². The molecule has 0 spiro atoms. The van der Waals surface area contributed by atoms with Gasteiger partial charge in [-0.25, -0.2) is 13.2 Å². The van der Waals surface area contributed by atoms with Crippen LogP contribution in [0.2, 0.25) is 0 Å². The highest BCUT2D eigenvalue weighted by Crippen LogP contribution is 2.40. The van der Waals surface area contributed by atoms with Crippen LogP contribution in [0.5, 0.6) is 11.8 Å². The van der Waals surface area contributed by atoms with Crippen molar-refractivity contribution in [2.45, 2.75) is 56.8 Å². The molecular weight excluding hydrogens is 567 g/mol. The van der Waals surface area contributed by atoms with E-state index in [2.05, 4.69) is 21.1 Å².